The minimum absolute atomic E-state index is 0.219. The van der Waals surface area contributed by atoms with Gasteiger partial charge in [0.05, 0.1) is 12.7 Å². The number of carbonyl (C=O) groups is 1. The summed E-state index contributed by atoms with van der Waals surface area (Å²) in [7, 11) is -2.92. The lowest BCUT2D eigenvalue weighted by molar-refractivity contribution is 0.0826. The molecule has 1 heterocycles. The van der Waals surface area contributed by atoms with E-state index in [1.54, 1.807) is 6.07 Å². The lowest BCUT2D eigenvalue weighted by atomic mass is 10.2. The lowest BCUT2D eigenvalue weighted by Gasteiger charge is -2.19. The number of aliphatic hydroxyl groups is 2. The second-order valence-corrected chi connectivity index (χ2v) is 7.42. The van der Waals surface area contributed by atoms with Crippen LogP contribution in [-0.2, 0) is 10.0 Å². The number of sulfonamides is 1. The van der Waals surface area contributed by atoms with Crippen LogP contribution in [0, 0.1) is 0 Å². The Balaban J connectivity index is 2.67. The largest absolute Gasteiger partial charge is 0.394 e. The van der Waals surface area contributed by atoms with Crippen molar-refractivity contribution < 1.29 is 23.4 Å². The molecule has 2 rings (SSSR count). The van der Waals surface area contributed by atoms with Crippen LogP contribution in [0.5, 0.6) is 0 Å². The van der Waals surface area contributed by atoms with E-state index in [1.165, 1.54) is 19.2 Å². The molecule has 0 spiro atoms. The summed E-state index contributed by atoms with van der Waals surface area (Å²) in [5, 5.41) is 18.8. The zero-order valence-electron chi connectivity index (χ0n) is 12.2. The van der Waals surface area contributed by atoms with Crippen molar-refractivity contribution >= 4 is 38.4 Å². The molecule has 10 heteroatoms. The van der Waals surface area contributed by atoms with Crippen LogP contribution in [0.4, 0.5) is 0 Å². The van der Waals surface area contributed by atoms with Gasteiger partial charge in [-0.25, -0.2) is 8.42 Å². The summed E-state index contributed by atoms with van der Waals surface area (Å²) in [4.78, 5) is 14.0. The fraction of sp³-hybridized carbons (Fsp3) is 0.308. The molecule has 0 radical (unpaired) electrons. The van der Waals surface area contributed by atoms with Gasteiger partial charge < -0.3 is 20.9 Å². The monoisotopic (exact) mass is 361 g/mol. The first-order valence-electron chi connectivity index (χ1n) is 6.54. The van der Waals surface area contributed by atoms with E-state index in [0.717, 1.165) is 4.31 Å². The molecule has 0 saturated heterocycles. The number of hydrogen-bond acceptors (Lipinski definition) is 5. The SMILES string of the molecule is CN(CC(O)CO)S(=O)(=O)c1c(C(N)=O)[nH]c2ccc(Cl)cc12. The summed E-state index contributed by atoms with van der Waals surface area (Å²) in [5.41, 5.74) is 5.38. The second-order valence-electron chi connectivity index (χ2n) is 5.01. The zero-order valence-corrected chi connectivity index (χ0v) is 13.7. The molecule has 1 amide bonds. The van der Waals surface area contributed by atoms with Crippen molar-refractivity contribution in [3.05, 3.63) is 28.9 Å². The molecule has 0 bridgehead atoms. The number of aromatic amines is 1. The zero-order chi connectivity index (χ0) is 17.4. The van der Waals surface area contributed by atoms with Crippen molar-refractivity contribution in [1.82, 2.24) is 9.29 Å². The minimum Gasteiger partial charge on any atom is -0.394 e. The number of primary amides is 1. The highest BCUT2D eigenvalue weighted by Crippen LogP contribution is 2.31. The number of nitrogens with two attached hydrogens (primary N) is 1. The number of halogens is 1. The molecule has 0 fully saturated rings. The number of carbonyl (C=O) groups excluding carboxylic acids is 1. The Kier molecular flexibility index (Phi) is 4.97. The Labute approximate surface area is 137 Å². The normalized spacial score (nSPS) is 13.6. The number of aromatic nitrogens is 1. The summed E-state index contributed by atoms with van der Waals surface area (Å²) < 4.78 is 26.4. The van der Waals surface area contributed by atoms with Gasteiger partial charge in [0.25, 0.3) is 5.91 Å². The molecule has 1 aromatic carbocycles. The standard InChI is InChI=1S/C13H16ClN3O5S/c1-17(5-8(19)6-18)23(21,22)12-9-4-7(14)2-3-10(9)16-11(12)13(15)20/h2-4,8,16,18-19H,5-6H2,1H3,(H2,15,20). The van der Waals surface area contributed by atoms with E-state index in [4.69, 9.17) is 22.4 Å². The van der Waals surface area contributed by atoms with Gasteiger partial charge in [-0.3, -0.25) is 4.79 Å². The van der Waals surface area contributed by atoms with E-state index in [0.29, 0.717) is 10.5 Å². The van der Waals surface area contributed by atoms with Crippen LogP contribution in [0.15, 0.2) is 23.1 Å². The van der Waals surface area contributed by atoms with Crippen molar-refractivity contribution in [2.24, 2.45) is 5.73 Å². The molecule has 2 aromatic rings. The first-order chi connectivity index (χ1) is 10.7. The van der Waals surface area contributed by atoms with Gasteiger partial charge in [-0.1, -0.05) is 11.6 Å². The fourth-order valence-corrected chi connectivity index (χ4v) is 3.90. The minimum atomic E-state index is -4.15. The van der Waals surface area contributed by atoms with E-state index < -0.39 is 28.6 Å². The predicted octanol–water partition coefficient (Wildman–Crippen LogP) is -0.106. The summed E-state index contributed by atoms with van der Waals surface area (Å²) in [6, 6.07) is 4.48. The van der Waals surface area contributed by atoms with E-state index in [1.807, 2.05) is 0 Å². The lowest BCUT2D eigenvalue weighted by Crippen LogP contribution is -2.36. The number of hydrogen-bond donors (Lipinski definition) is 4. The molecule has 0 aliphatic rings. The molecule has 1 unspecified atom stereocenters. The number of nitrogens with zero attached hydrogens (tertiary/aromatic N) is 1. The van der Waals surface area contributed by atoms with Crippen LogP contribution in [-0.4, -0.2) is 60.1 Å². The Morgan fingerprint density at radius 1 is 1.48 bits per heavy atom. The van der Waals surface area contributed by atoms with Gasteiger partial charge in [-0.2, -0.15) is 4.31 Å². The molecule has 23 heavy (non-hydrogen) atoms. The first-order valence-corrected chi connectivity index (χ1v) is 8.36. The average Bonchev–Trinajstić information content (AvgIpc) is 2.86. The Morgan fingerprint density at radius 3 is 2.70 bits per heavy atom. The third-order valence-electron chi connectivity index (χ3n) is 3.31. The fourth-order valence-electron chi connectivity index (χ4n) is 2.19. The molecule has 0 saturated carbocycles. The van der Waals surface area contributed by atoms with E-state index >= 15 is 0 Å². The van der Waals surface area contributed by atoms with Crippen LogP contribution >= 0.6 is 11.6 Å². The maximum absolute atomic E-state index is 12.8. The van der Waals surface area contributed by atoms with Gasteiger partial charge in [0.1, 0.15) is 10.6 Å². The van der Waals surface area contributed by atoms with Crippen molar-refractivity contribution in [2.75, 3.05) is 20.2 Å². The maximum Gasteiger partial charge on any atom is 0.266 e. The highest BCUT2D eigenvalue weighted by molar-refractivity contribution is 7.89. The summed E-state index contributed by atoms with van der Waals surface area (Å²) in [6.07, 6.45) is -1.25. The van der Waals surface area contributed by atoms with Gasteiger partial charge >= 0.3 is 0 Å². The maximum atomic E-state index is 12.8. The van der Waals surface area contributed by atoms with Gasteiger partial charge in [-0.15, -0.1) is 0 Å². The summed E-state index contributed by atoms with van der Waals surface area (Å²) in [6.45, 7) is -0.938. The summed E-state index contributed by atoms with van der Waals surface area (Å²) >= 11 is 5.90. The van der Waals surface area contributed by atoms with Crippen LogP contribution in [0.25, 0.3) is 10.9 Å². The molecule has 126 valence electrons. The molecule has 8 nitrogen and oxygen atoms in total. The number of likely N-dealkylation sites (N-methyl/N-ethyl adjacent to an activating group) is 1. The van der Waals surface area contributed by atoms with Crippen LogP contribution in [0.1, 0.15) is 10.5 Å². The molecule has 5 N–H and O–H groups in total. The smallest absolute Gasteiger partial charge is 0.266 e. The number of amides is 1. The van der Waals surface area contributed by atoms with Crippen LogP contribution in [0.3, 0.4) is 0 Å². The van der Waals surface area contributed by atoms with Crippen molar-refractivity contribution in [3.63, 3.8) is 0 Å². The quantitative estimate of drug-likeness (QED) is 0.569. The van der Waals surface area contributed by atoms with Crippen molar-refractivity contribution in [3.8, 4) is 0 Å². The van der Waals surface area contributed by atoms with Crippen molar-refractivity contribution in [2.45, 2.75) is 11.0 Å². The summed E-state index contributed by atoms with van der Waals surface area (Å²) in [5.74, 6) is -0.938. The number of fused-ring (bicyclic) bond motifs is 1. The predicted molar refractivity (Wildman–Crippen MR) is 84.7 cm³/mol. The Bertz CT molecular complexity index is 849. The molecule has 1 atom stereocenters. The van der Waals surface area contributed by atoms with E-state index in [9.17, 15) is 18.3 Å². The third-order valence-corrected chi connectivity index (χ3v) is 5.45. The molecular formula is C13H16ClN3O5S. The Morgan fingerprint density at radius 2 is 2.13 bits per heavy atom. The van der Waals surface area contributed by atoms with Gasteiger partial charge in [0.15, 0.2) is 0 Å². The first kappa shape index (κ1) is 17.7. The molecule has 0 aliphatic heterocycles. The third kappa shape index (κ3) is 3.33. The van der Waals surface area contributed by atoms with Gasteiger partial charge in [0, 0.05) is 29.5 Å². The molecule has 1 aromatic heterocycles. The Hall–Kier alpha value is -1.65. The highest BCUT2D eigenvalue weighted by Gasteiger charge is 2.31. The van der Waals surface area contributed by atoms with E-state index in [-0.39, 0.29) is 22.5 Å². The number of nitrogens with one attached hydrogen (secondary N) is 1. The number of rotatable bonds is 6. The topological polar surface area (TPSA) is 137 Å². The van der Waals surface area contributed by atoms with Crippen LogP contribution in [0.2, 0.25) is 5.02 Å². The highest BCUT2D eigenvalue weighted by atomic mass is 35.5. The van der Waals surface area contributed by atoms with Crippen molar-refractivity contribution in [1.29, 1.82) is 0 Å². The number of H-pyrrole nitrogens is 1. The molecule has 0 aliphatic carbocycles. The van der Waals surface area contributed by atoms with Gasteiger partial charge in [0.2, 0.25) is 10.0 Å². The van der Waals surface area contributed by atoms with E-state index in [2.05, 4.69) is 4.98 Å². The number of aliphatic hydroxyl groups excluding tert-OH is 2. The average molecular weight is 362 g/mol. The number of benzene rings is 1. The molecular weight excluding hydrogens is 346 g/mol. The van der Waals surface area contributed by atoms with Crippen LogP contribution < -0.4 is 5.73 Å². The second kappa shape index (κ2) is 6.46. The van der Waals surface area contributed by atoms with Gasteiger partial charge in [-0.05, 0) is 18.2 Å².